The number of thiophene rings is 1. The van der Waals surface area contributed by atoms with E-state index in [9.17, 15) is 9.18 Å². The van der Waals surface area contributed by atoms with Crippen LogP contribution in [0.5, 0.6) is 5.75 Å². The van der Waals surface area contributed by atoms with Gasteiger partial charge in [0, 0.05) is 0 Å². The lowest BCUT2D eigenvalue weighted by atomic mass is 10.3. The van der Waals surface area contributed by atoms with Gasteiger partial charge in [-0.05, 0) is 47.8 Å². The molecule has 1 amide bonds. The van der Waals surface area contributed by atoms with Crippen LogP contribution < -0.4 is 10.1 Å². The molecule has 3 aromatic heterocycles. The van der Waals surface area contributed by atoms with Crippen molar-refractivity contribution in [2.75, 3.05) is 0 Å². The molecule has 0 saturated heterocycles. The highest BCUT2D eigenvalue weighted by atomic mass is 32.1. The van der Waals surface area contributed by atoms with Crippen LogP contribution in [-0.2, 0) is 13.2 Å². The van der Waals surface area contributed by atoms with Gasteiger partial charge in [0.1, 0.15) is 30.2 Å². The number of oxazole rings is 1. The van der Waals surface area contributed by atoms with Crippen molar-refractivity contribution in [2.24, 2.45) is 0 Å². The van der Waals surface area contributed by atoms with Crippen LogP contribution in [0.2, 0.25) is 0 Å². The number of rotatable bonds is 7. The summed E-state index contributed by atoms with van der Waals surface area (Å²) in [7, 11) is 0. The number of hydrogen-bond donors (Lipinski definition) is 1. The Hall–Kier alpha value is -3.39. The van der Waals surface area contributed by atoms with Crippen LogP contribution in [-0.4, -0.2) is 10.9 Å². The SMILES string of the molecule is O=C(NCc1coc(-c2cccs2)n1)c1ccc(COc2ccc(F)cc2)o1. The molecule has 0 bridgehead atoms. The number of halogens is 1. The molecule has 28 heavy (non-hydrogen) atoms. The van der Waals surface area contributed by atoms with Crippen molar-refractivity contribution in [3.63, 3.8) is 0 Å². The summed E-state index contributed by atoms with van der Waals surface area (Å²) in [4.78, 5) is 17.5. The summed E-state index contributed by atoms with van der Waals surface area (Å²) in [5.74, 6) is 0.983. The quantitative estimate of drug-likeness (QED) is 0.491. The fourth-order valence-corrected chi connectivity index (χ4v) is 3.08. The van der Waals surface area contributed by atoms with Crippen LogP contribution in [0.15, 0.2) is 69.0 Å². The maximum absolute atomic E-state index is 12.9. The first kappa shape index (κ1) is 18.0. The summed E-state index contributed by atoms with van der Waals surface area (Å²) in [5, 5.41) is 4.67. The summed E-state index contributed by atoms with van der Waals surface area (Å²) in [6.45, 7) is 0.349. The first-order valence-corrected chi connectivity index (χ1v) is 9.29. The molecular weight excluding hydrogens is 383 g/mol. The monoisotopic (exact) mass is 398 g/mol. The molecule has 0 atom stereocenters. The molecule has 0 unspecified atom stereocenters. The molecule has 3 heterocycles. The fraction of sp³-hybridized carbons (Fsp3) is 0.100. The van der Waals surface area contributed by atoms with E-state index in [-0.39, 0.29) is 30.6 Å². The van der Waals surface area contributed by atoms with Gasteiger partial charge in [0.25, 0.3) is 5.91 Å². The Labute approximate surface area is 163 Å². The van der Waals surface area contributed by atoms with Crippen LogP contribution in [0, 0.1) is 5.82 Å². The predicted molar refractivity (Wildman–Crippen MR) is 100 cm³/mol. The summed E-state index contributed by atoms with van der Waals surface area (Å²) < 4.78 is 29.3. The Morgan fingerprint density at radius 2 is 2.04 bits per heavy atom. The van der Waals surface area contributed by atoms with E-state index in [1.807, 2.05) is 17.5 Å². The van der Waals surface area contributed by atoms with Crippen molar-refractivity contribution < 1.29 is 22.8 Å². The Kier molecular flexibility index (Phi) is 5.20. The van der Waals surface area contributed by atoms with E-state index in [4.69, 9.17) is 13.6 Å². The third kappa shape index (κ3) is 4.29. The largest absolute Gasteiger partial charge is 0.486 e. The number of nitrogens with one attached hydrogen (secondary N) is 1. The van der Waals surface area contributed by atoms with E-state index in [2.05, 4.69) is 10.3 Å². The molecule has 6 nitrogen and oxygen atoms in total. The predicted octanol–water partition coefficient (Wildman–Crippen LogP) is 4.64. The smallest absolute Gasteiger partial charge is 0.287 e. The second-order valence-corrected chi connectivity index (χ2v) is 6.76. The van der Waals surface area contributed by atoms with Gasteiger partial charge >= 0.3 is 0 Å². The first-order chi connectivity index (χ1) is 13.7. The molecule has 142 valence electrons. The molecule has 1 aromatic carbocycles. The van der Waals surface area contributed by atoms with Gasteiger partial charge in [-0.2, -0.15) is 0 Å². The summed E-state index contributed by atoms with van der Waals surface area (Å²) in [6, 6.07) is 12.7. The average molecular weight is 398 g/mol. The molecule has 0 saturated carbocycles. The fourth-order valence-electron chi connectivity index (χ4n) is 2.42. The van der Waals surface area contributed by atoms with Crippen molar-refractivity contribution in [2.45, 2.75) is 13.2 Å². The molecule has 8 heteroatoms. The number of carbonyl (C=O) groups is 1. The van der Waals surface area contributed by atoms with Crippen molar-refractivity contribution in [3.8, 4) is 16.5 Å². The van der Waals surface area contributed by atoms with Crippen molar-refractivity contribution in [1.29, 1.82) is 0 Å². The minimum atomic E-state index is -0.367. The zero-order chi connectivity index (χ0) is 19.3. The summed E-state index contributed by atoms with van der Waals surface area (Å²) in [5.41, 5.74) is 0.614. The lowest BCUT2D eigenvalue weighted by Gasteiger charge is -2.03. The van der Waals surface area contributed by atoms with Crippen LogP contribution in [0.4, 0.5) is 4.39 Å². The second kappa shape index (κ2) is 8.10. The summed E-state index contributed by atoms with van der Waals surface area (Å²) >= 11 is 1.53. The van der Waals surface area contributed by atoms with E-state index >= 15 is 0 Å². The van der Waals surface area contributed by atoms with E-state index < -0.39 is 0 Å². The van der Waals surface area contributed by atoms with Crippen molar-refractivity contribution >= 4 is 17.2 Å². The van der Waals surface area contributed by atoms with E-state index in [0.29, 0.717) is 23.1 Å². The highest BCUT2D eigenvalue weighted by Gasteiger charge is 2.13. The lowest BCUT2D eigenvalue weighted by molar-refractivity contribution is 0.0918. The number of benzene rings is 1. The van der Waals surface area contributed by atoms with Gasteiger partial charge in [-0.1, -0.05) is 6.07 Å². The van der Waals surface area contributed by atoms with Gasteiger partial charge in [0.2, 0.25) is 5.89 Å². The molecule has 0 spiro atoms. The Bertz CT molecular complexity index is 1050. The Balaban J connectivity index is 1.30. The van der Waals surface area contributed by atoms with E-state index in [1.165, 1.54) is 41.9 Å². The Morgan fingerprint density at radius 1 is 1.18 bits per heavy atom. The second-order valence-electron chi connectivity index (χ2n) is 5.81. The van der Waals surface area contributed by atoms with Gasteiger partial charge in [0.15, 0.2) is 5.76 Å². The maximum Gasteiger partial charge on any atom is 0.287 e. The van der Waals surface area contributed by atoms with Crippen molar-refractivity contribution in [1.82, 2.24) is 10.3 Å². The van der Waals surface area contributed by atoms with Crippen LogP contribution in [0.1, 0.15) is 22.0 Å². The molecule has 0 fully saturated rings. The number of hydrogen-bond acceptors (Lipinski definition) is 6. The number of carbonyl (C=O) groups excluding carboxylic acids is 1. The van der Waals surface area contributed by atoms with Gasteiger partial charge in [0.05, 0.1) is 17.1 Å². The molecule has 1 N–H and O–H groups in total. The van der Waals surface area contributed by atoms with Gasteiger partial charge < -0.3 is 18.9 Å². The van der Waals surface area contributed by atoms with Gasteiger partial charge in [-0.25, -0.2) is 9.37 Å². The minimum absolute atomic E-state index is 0.131. The number of ether oxygens (including phenoxy) is 1. The number of aromatic nitrogens is 1. The average Bonchev–Trinajstić information content (AvgIpc) is 3.47. The molecule has 0 aliphatic heterocycles. The van der Waals surface area contributed by atoms with E-state index in [0.717, 1.165) is 4.88 Å². The number of furan rings is 1. The highest BCUT2D eigenvalue weighted by Crippen LogP contribution is 2.23. The molecule has 4 aromatic rings. The zero-order valence-electron chi connectivity index (χ0n) is 14.6. The van der Waals surface area contributed by atoms with Gasteiger partial charge in [-0.15, -0.1) is 11.3 Å². The minimum Gasteiger partial charge on any atom is -0.486 e. The third-order valence-corrected chi connectivity index (χ3v) is 4.65. The molecular formula is C20H15FN2O4S. The van der Waals surface area contributed by atoms with Crippen LogP contribution in [0.3, 0.4) is 0 Å². The van der Waals surface area contributed by atoms with Crippen LogP contribution >= 0.6 is 11.3 Å². The standard InChI is InChI=1S/C20H15FN2O4S/c21-13-3-5-15(6-4-13)25-12-16-7-8-17(27-16)19(24)22-10-14-11-26-20(23-14)18-2-1-9-28-18/h1-9,11H,10,12H2,(H,22,24). The molecule has 4 rings (SSSR count). The topological polar surface area (TPSA) is 77.5 Å². The van der Waals surface area contributed by atoms with E-state index in [1.54, 1.807) is 12.1 Å². The van der Waals surface area contributed by atoms with Crippen LogP contribution in [0.25, 0.3) is 10.8 Å². The first-order valence-electron chi connectivity index (χ1n) is 8.41. The number of amides is 1. The third-order valence-electron chi connectivity index (χ3n) is 3.79. The molecule has 0 aliphatic rings. The summed E-state index contributed by atoms with van der Waals surface area (Å²) in [6.07, 6.45) is 1.51. The Morgan fingerprint density at radius 3 is 2.82 bits per heavy atom. The van der Waals surface area contributed by atoms with Gasteiger partial charge in [-0.3, -0.25) is 4.79 Å². The normalized spacial score (nSPS) is 10.8. The highest BCUT2D eigenvalue weighted by molar-refractivity contribution is 7.13. The number of nitrogens with zero attached hydrogens (tertiary/aromatic N) is 1. The van der Waals surface area contributed by atoms with Crippen molar-refractivity contribution in [3.05, 3.63) is 83.2 Å². The maximum atomic E-state index is 12.9. The molecule has 0 aliphatic carbocycles. The lowest BCUT2D eigenvalue weighted by Crippen LogP contribution is -2.22. The zero-order valence-corrected chi connectivity index (χ0v) is 15.4. The molecule has 0 radical (unpaired) electrons.